The number of hydrogen-bond donors (Lipinski definition) is 3. The number of aromatic nitrogens is 2. The van der Waals surface area contributed by atoms with Crippen molar-refractivity contribution < 1.29 is 9.53 Å². The van der Waals surface area contributed by atoms with Gasteiger partial charge in [0.15, 0.2) is 0 Å². The first-order valence-electron chi connectivity index (χ1n) is 8.08. The van der Waals surface area contributed by atoms with Crippen LogP contribution in [0.4, 0.5) is 5.82 Å². The lowest BCUT2D eigenvalue weighted by Gasteiger charge is -2.28. The van der Waals surface area contributed by atoms with Crippen molar-refractivity contribution in [3.05, 3.63) is 85.7 Å². The van der Waals surface area contributed by atoms with Crippen LogP contribution in [0, 0.1) is 11.3 Å². The number of rotatable bonds is 4. The van der Waals surface area contributed by atoms with E-state index in [-0.39, 0.29) is 23.6 Å². The predicted molar refractivity (Wildman–Crippen MR) is 98.2 cm³/mol. The highest BCUT2D eigenvalue weighted by molar-refractivity contribution is 5.94. The summed E-state index contributed by atoms with van der Waals surface area (Å²) < 4.78 is 5.18. The van der Waals surface area contributed by atoms with Crippen LogP contribution >= 0.6 is 0 Å². The van der Waals surface area contributed by atoms with E-state index in [0.717, 1.165) is 0 Å². The van der Waals surface area contributed by atoms with Crippen molar-refractivity contribution in [3.8, 4) is 6.07 Å². The molecule has 0 fully saturated rings. The Morgan fingerprint density at radius 1 is 1.30 bits per heavy atom. The van der Waals surface area contributed by atoms with Crippen molar-refractivity contribution in [2.75, 3.05) is 11.9 Å². The number of hydrogen-bond acceptors (Lipinski definition) is 6. The average Bonchev–Trinajstić information content (AvgIpc) is 2.64. The number of ether oxygens (including phenoxy) is 1. The average molecular weight is 364 g/mol. The highest BCUT2D eigenvalue weighted by Gasteiger charge is 2.35. The van der Waals surface area contributed by atoms with Gasteiger partial charge in [-0.15, -0.1) is 0 Å². The Balaban J connectivity index is 2.23. The zero-order valence-corrected chi connectivity index (χ0v) is 14.5. The number of esters is 1. The first-order valence-corrected chi connectivity index (χ1v) is 8.08. The molecule has 0 saturated carbocycles. The molecule has 1 atom stereocenters. The molecular weight excluding hydrogens is 348 g/mol. The first-order chi connectivity index (χ1) is 13.0. The molecule has 0 bridgehead atoms. The normalized spacial score (nSPS) is 15.3. The summed E-state index contributed by atoms with van der Waals surface area (Å²) in [5.41, 5.74) is 0.667. The second-order valence-corrected chi connectivity index (χ2v) is 5.91. The van der Waals surface area contributed by atoms with E-state index in [1.807, 2.05) is 6.07 Å². The number of anilines is 1. The Kier molecular flexibility index (Phi) is 4.77. The lowest BCUT2D eigenvalue weighted by atomic mass is 9.82. The molecule has 8 heteroatoms. The number of nitrogens with zero attached hydrogens (tertiary/aromatic N) is 1. The monoisotopic (exact) mass is 364 g/mol. The van der Waals surface area contributed by atoms with E-state index < -0.39 is 23.1 Å². The summed E-state index contributed by atoms with van der Waals surface area (Å²) >= 11 is 0. The molecule has 1 aromatic heterocycles. The number of H-pyrrole nitrogens is 2. The summed E-state index contributed by atoms with van der Waals surface area (Å²) in [6.45, 7) is 5.19. The molecule has 8 nitrogen and oxygen atoms in total. The molecule has 2 heterocycles. The minimum Gasteiger partial charge on any atom is -0.458 e. The fourth-order valence-electron chi connectivity index (χ4n) is 3.05. The van der Waals surface area contributed by atoms with Gasteiger partial charge in [-0.3, -0.25) is 14.8 Å². The van der Waals surface area contributed by atoms with Gasteiger partial charge in [0.05, 0.1) is 28.7 Å². The summed E-state index contributed by atoms with van der Waals surface area (Å²) in [6.07, 6.45) is 1.44. The Labute approximate surface area is 153 Å². The van der Waals surface area contributed by atoms with E-state index in [4.69, 9.17) is 10.00 Å². The van der Waals surface area contributed by atoms with E-state index in [1.165, 1.54) is 6.08 Å². The van der Waals surface area contributed by atoms with Gasteiger partial charge in [0.1, 0.15) is 12.4 Å². The Morgan fingerprint density at radius 3 is 2.63 bits per heavy atom. The number of nitriles is 1. The Hall–Kier alpha value is -3.86. The van der Waals surface area contributed by atoms with Crippen LogP contribution in [-0.2, 0) is 9.53 Å². The van der Waals surface area contributed by atoms with E-state index in [2.05, 4.69) is 21.9 Å². The number of nitrogens with one attached hydrogen (secondary N) is 3. The van der Waals surface area contributed by atoms with E-state index in [0.29, 0.717) is 16.8 Å². The number of aromatic amines is 2. The minimum absolute atomic E-state index is 0.0184. The lowest BCUT2D eigenvalue weighted by Crippen LogP contribution is -2.35. The second-order valence-electron chi connectivity index (χ2n) is 5.91. The fraction of sp³-hybridized carbons (Fsp3) is 0.158. The summed E-state index contributed by atoms with van der Waals surface area (Å²) in [7, 11) is 0. The largest absolute Gasteiger partial charge is 0.458 e. The van der Waals surface area contributed by atoms with Crippen LogP contribution in [0.15, 0.2) is 57.8 Å². The third kappa shape index (κ3) is 3.30. The van der Waals surface area contributed by atoms with E-state index >= 15 is 0 Å². The zero-order chi connectivity index (χ0) is 19.6. The van der Waals surface area contributed by atoms with Crippen molar-refractivity contribution >= 4 is 11.8 Å². The van der Waals surface area contributed by atoms with Gasteiger partial charge in [-0.05, 0) is 24.6 Å². The molecular formula is C19H16N4O4. The van der Waals surface area contributed by atoms with Gasteiger partial charge < -0.3 is 10.1 Å². The Morgan fingerprint density at radius 2 is 2.00 bits per heavy atom. The molecule has 3 rings (SSSR count). The smallest absolute Gasteiger partial charge is 0.337 e. The van der Waals surface area contributed by atoms with Gasteiger partial charge in [0, 0.05) is 5.70 Å². The van der Waals surface area contributed by atoms with Crippen molar-refractivity contribution in [1.29, 1.82) is 5.26 Å². The first kappa shape index (κ1) is 17.9. The molecule has 1 unspecified atom stereocenters. The topological polar surface area (TPSA) is 128 Å². The summed E-state index contributed by atoms with van der Waals surface area (Å²) in [4.78, 5) is 41.6. The molecule has 0 radical (unpaired) electrons. The molecule has 0 spiro atoms. The molecule has 0 saturated heterocycles. The van der Waals surface area contributed by atoms with Crippen LogP contribution in [0.25, 0.3) is 0 Å². The molecule has 27 heavy (non-hydrogen) atoms. The van der Waals surface area contributed by atoms with Gasteiger partial charge in [-0.25, -0.2) is 9.59 Å². The van der Waals surface area contributed by atoms with Gasteiger partial charge in [-0.2, -0.15) is 5.26 Å². The molecule has 1 aromatic carbocycles. The van der Waals surface area contributed by atoms with E-state index in [1.54, 1.807) is 31.2 Å². The van der Waals surface area contributed by atoms with Crippen molar-refractivity contribution in [2.24, 2.45) is 0 Å². The van der Waals surface area contributed by atoms with Gasteiger partial charge in [0.2, 0.25) is 0 Å². The SMILES string of the molecule is C=CCOC(=O)C1=C(C)Nc2[nH]c(=O)[nH]c(=O)c2C1c1ccc(C#N)cc1. The molecule has 1 aliphatic heterocycles. The molecule has 0 amide bonds. The van der Waals surface area contributed by atoms with Crippen LogP contribution < -0.4 is 16.6 Å². The molecule has 0 aliphatic carbocycles. The van der Waals surface area contributed by atoms with Crippen LogP contribution in [-0.4, -0.2) is 22.5 Å². The number of allylic oxidation sites excluding steroid dienone is 1. The highest BCUT2D eigenvalue weighted by atomic mass is 16.5. The third-order valence-corrected chi connectivity index (χ3v) is 4.20. The summed E-state index contributed by atoms with van der Waals surface area (Å²) in [5.74, 6) is -1.16. The third-order valence-electron chi connectivity index (χ3n) is 4.20. The lowest BCUT2D eigenvalue weighted by molar-refractivity contribution is -0.138. The van der Waals surface area contributed by atoms with Gasteiger partial charge >= 0.3 is 11.7 Å². The molecule has 1 aliphatic rings. The highest BCUT2D eigenvalue weighted by Crippen LogP contribution is 2.39. The van der Waals surface area contributed by atoms with Crippen molar-refractivity contribution in [3.63, 3.8) is 0 Å². The second kappa shape index (κ2) is 7.17. The summed E-state index contributed by atoms with van der Waals surface area (Å²) in [5, 5.41) is 11.9. The molecule has 3 N–H and O–H groups in total. The van der Waals surface area contributed by atoms with Crippen LogP contribution in [0.5, 0.6) is 0 Å². The minimum atomic E-state index is -0.771. The number of fused-ring (bicyclic) bond motifs is 1. The molecule has 2 aromatic rings. The Bertz CT molecular complexity index is 1100. The van der Waals surface area contributed by atoms with Crippen LogP contribution in [0.1, 0.15) is 29.5 Å². The van der Waals surface area contributed by atoms with Crippen LogP contribution in [0.3, 0.4) is 0 Å². The van der Waals surface area contributed by atoms with Gasteiger partial charge in [0.25, 0.3) is 5.56 Å². The van der Waals surface area contributed by atoms with Gasteiger partial charge in [-0.1, -0.05) is 24.8 Å². The quantitative estimate of drug-likeness (QED) is 0.557. The number of carbonyl (C=O) groups is 1. The fourth-order valence-corrected chi connectivity index (χ4v) is 3.05. The maximum atomic E-state index is 12.7. The maximum Gasteiger partial charge on any atom is 0.337 e. The standard InChI is InChI=1S/C19H16N4O4/c1-3-8-27-18(25)13-10(2)21-16-15(17(24)23-19(26)22-16)14(13)12-6-4-11(9-20)5-7-12/h3-7,14H,1,8H2,2H3,(H3,21,22,23,24,26). The maximum absolute atomic E-state index is 12.7. The van der Waals surface area contributed by atoms with Crippen molar-refractivity contribution in [2.45, 2.75) is 12.8 Å². The van der Waals surface area contributed by atoms with Crippen LogP contribution in [0.2, 0.25) is 0 Å². The number of benzene rings is 1. The number of carbonyl (C=O) groups excluding carboxylic acids is 1. The van der Waals surface area contributed by atoms with E-state index in [9.17, 15) is 14.4 Å². The van der Waals surface area contributed by atoms with Crippen molar-refractivity contribution in [1.82, 2.24) is 9.97 Å². The summed E-state index contributed by atoms with van der Waals surface area (Å²) in [6, 6.07) is 8.54. The zero-order valence-electron chi connectivity index (χ0n) is 14.5. The predicted octanol–water partition coefficient (Wildman–Crippen LogP) is 1.50. The molecule has 136 valence electrons.